The van der Waals surface area contributed by atoms with Crippen molar-refractivity contribution in [1.29, 1.82) is 0 Å². The van der Waals surface area contributed by atoms with E-state index in [1.807, 2.05) is 0 Å². The molecule has 0 fully saturated rings. The first-order valence-electron chi connectivity index (χ1n) is 8.51. The highest BCUT2D eigenvalue weighted by Gasteiger charge is 2.26. The fourth-order valence-electron chi connectivity index (χ4n) is 3.58. The van der Waals surface area contributed by atoms with E-state index in [1.165, 1.54) is 26.4 Å². The largest absolute Gasteiger partial charge is 0.493 e. The Morgan fingerprint density at radius 3 is 2.78 bits per heavy atom. The van der Waals surface area contributed by atoms with Crippen LogP contribution in [0.3, 0.4) is 0 Å². The number of H-pyrrole nitrogens is 1. The van der Waals surface area contributed by atoms with Crippen molar-refractivity contribution in [3.8, 4) is 11.5 Å². The first-order chi connectivity index (χ1) is 13.0. The number of aromatic amines is 1. The zero-order chi connectivity index (χ0) is 19.1. The molecular formula is C20H18ClFN2O3. The van der Waals surface area contributed by atoms with Gasteiger partial charge in [0.05, 0.1) is 19.2 Å². The lowest BCUT2D eigenvalue weighted by atomic mass is 10.0. The maximum absolute atomic E-state index is 13.7. The molecule has 4 rings (SSSR count). The summed E-state index contributed by atoms with van der Waals surface area (Å²) in [6.45, 7) is 0.969. The van der Waals surface area contributed by atoms with Gasteiger partial charge in [0.25, 0.3) is 5.91 Å². The number of benzene rings is 2. The van der Waals surface area contributed by atoms with Crippen molar-refractivity contribution in [1.82, 2.24) is 9.88 Å². The highest BCUT2D eigenvalue weighted by atomic mass is 35.5. The molecule has 3 aromatic rings. The van der Waals surface area contributed by atoms with Gasteiger partial charge in [0, 0.05) is 47.2 Å². The minimum absolute atomic E-state index is 0.158. The van der Waals surface area contributed by atoms with E-state index >= 15 is 0 Å². The second-order valence-electron chi connectivity index (χ2n) is 6.44. The lowest BCUT2D eigenvalue weighted by Crippen LogP contribution is -2.35. The number of hydrogen-bond donors (Lipinski definition) is 1. The molecule has 0 bridgehead atoms. The van der Waals surface area contributed by atoms with Gasteiger partial charge in [-0.05, 0) is 30.3 Å². The fourth-order valence-corrected chi connectivity index (χ4v) is 3.87. The quantitative estimate of drug-likeness (QED) is 0.732. The minimum Gasteiger partial charge on any atom is -0.493 e. The van der Waals surface area contributed by atoms with E-state index in [9.17, 15) is 9.18 Å². The molecule has 0 atom stereocenters. The number of nitrogens with zero attached hydrogens (tertiary/aromatic N) is 1. The summed E-state index contributed by atoms with van der Waals surface area (Å²) in [5.74, 6) is 0.345. The smallest absolute Gasteiger partial charge is 0.254 e. The van der Waals surface area contributed by atoms with Gasteiger partial charge in [-0.1, -0.05) is 11.6 Å². The van der Waals surface area contributed by atoms with Crippen molar-refractivity contribution in [3.63, 3.8) is 0 Å². The Hall–Kier alpha value is -2.73. The molecule has 1 amide bonds. The molecule has 0 aliphatic carbocycles. The normalized spacial score (nSPS) is 13.6. The van der Waals surface area contributed by atoms with E-state index in [-0.39, 0.29) is 11.7 Å². The van der Waals surface area contributed by atoms with Crippen molar-refractivity contribution in [3.05, 3.63) is 58.0 Å². The van der Waals surface area contributed by atoms with Gasteiger partial charge in [0.2, 0.25) is 0 Å². The summed E-state index contributed by atoms with van der Waals surface area (Å²) < 4.78 is 24.2. The molecule has 0 saturated carbocycles. The topological polar surface area (TPSA) is 54.6 Å². The second kappa shape index (κ2) is 6.78. The Morgan fingerprint density at radius 1 is 1.22 bits per heavy atom. The van der Waals surface area contributed by atoms with Crippen LogP contribution in [0.5, 0.6) is 11.5 Å². The van der Waals surface area contributed by atoms with Crippen LogP contribution in [0.15, 0.2) is 30.3 Å². The maximum Gasteiger partial charge on any atom is 0.254 e. The Kier molecular flexibility index (Phi) is 4.44. The molecular weight excluding hydrogens is 371 g/mol. The van der Waals surface area contributed by atoms with Gasteiger partial charge in [-0.3, -0.25) is 4.79 Å². The standard InChI is InChI=1S/C20H18ClFN2O3/c1-26-18-8-11(7-15(21)19(18)27-2)20(25)24-6-5-17-14(10-24)13-9-12(22)3-4-16(13)23-17/h3-4,7-9,23H,5-6,10H2,1-2H3. The molecule has 0 unspecified atom stereocenters. The Morgan fingerprint density at radius 2 is 2.04 bits per heavy atom. The van der Waals surface area contributed by atoms with Gasteiger partial charge in [-0.2, -0.15) is 0 Å². The van der Waals surface area contributed by atoms with E-state index in [2.05, 4.69) is 4.98 Å². The number of aromatic nitrogens is 1. The van der Waals surface area contributed by atoms with Gasteiger partial charge in [0.15, 0.2) is 11.5 Å². The molecule has 1 aliphatic heterocycles. The zero-order valence-corrected chi connectivity index (χ0v) is 15.7. The average Bonchev–Trinajstić information content (AvgIpc) is 3.03. The third-order valence-electron chi connectivity index (χ3n) is 4.90. The van der Waals surface area contributed by atoms with Crippen LogP contribution in [0.2, 0.25) is 5.02 Å². The number of fused-ring (bicyclic) bond motifs is 3. The summed E-state index contributed by atoms with van der Waals surface area (Å²) in [5.41, 5.74) is 3.30. The Balaban J connectivity index is 1.68. The number of amides is 1. The number of carbonyl (C=O) groups excluding carboxylic acids is 1. The minimum atomic E-state index is -0.292. The predicted molar refractivity (Wildman–Crippen MR) is 101 cm³/mol. The van der Waals surface area contributed by atoms with Crippen molar-refractivity contribution in [2.45, 2.75) is 13.0 Å². The van der Waals surface area contributed by atoms with Gasteiger partial charge in [0.1, 0.15) is 5.82 Å². The average molecular weight is 389 g/mol. The summed E-state index contributed by atoms with van der Waals surface area (Å²) in [6, 6.07) is 7.86. The highest BCUT2D eigenvalue weighted by Crippen LogP contribution is 2.37. The van der Waals surface area contributed by atoms with E-state index in [1.54, 1.807) is 23.1 Å². The lowest BCUT2D eigenvalue weighted by Gasteiger charge is -2.27. The molecule has 0 spiro atoms. The van der Waals surface area contributed by atoms with E-state index in [4.69, 9.17) is 21.1 Å². The Bertz CT molecular complexity index is 1050. The van der Waals surface area contributed by atoms with E-state index in [0.717, 1.165) is 22.2 Å². The molecule has 2 heterocycles. The van der Waals surface area contributed by atoms with Crippen LogP contribution in [0.4, 0.5) is 4.39 Å². The first-order valence-corrected chi connectivity index (χ1v) is 8.89. The first kappa shape index (κ1) is 17.7. The summed E-state index contributed by atoms with van der Waals surface area (Å²) in [6.07, 6.45) is 0.679. The third kappa shape index (κ3) is 3.00. The van der Waals surface area contributed by atoms with Crippen molar-refractivity contribution in [2.24, 2.45) is 0 Å². The Labute approximate surface area is 160 Å². The molecule has 5 nitrogen and oxygen atoms in total. The van der Waals surface area contributed by atoms with Crippen molar-refractivity contribution >= 4 is 28.4 Å². The molecule has 1 aromatic heterocycles. The van der Waals surface area contributed by atoms with E-state index in [0.29, 0.717) is 41.6 Å². The molecule has 27 heavy (non-hydrogen) atoms. The molecule has 1 N–H and O–H groups in total. The van der Waals surface area contributed by atoms with Crippen LogP contribution in [-0.2, 0) is 13.0 Å². The predicted octanol–water partition coefficient (Wildman–Crippen LogP) is 4.18. The number of nitrogens with one attached hydrogen (secondary N) is 1. The number of rotatable bonds is 3. The monoisotopic (exact) mass is 388 g/mol. The molecule has 0 saturated heterocycles. The summed E-state index contributed by atoms with van der Waals surface area (Å²) in [4.78, 5) is 18.1. The van der Waals surface area contributed by atoms with Crippen LogP contribution in [-0.4, -0.2) is 36.6 Å². The van der Waals surface area contributed by atoms with E-state index < -0.39 is 0 Å². The maximum atomic E-state index is 13.7. The van der Waals surface area contributed by atoms with Crippen LogP contribution < -0.4 is 9.47 Å². The molecule has 7 heteroatoms. The van der Waals surface area contributed by atoms with Crippen LogP contribution in [0.25, 0.3) is 10.9 Å². The summed E-state index contributed by atoms with van der Waals surface area (Å²) in [5, 5.41) is 1.12. The molecule has 0 radical (unpaired) electrons. The van der Waals surface area contributed by atoms with Gasteiger partial charge < -0.3 is 19.4 Å². The van der Waals surface area contributed by atoms with Gasteiger partial charge >= 0.3 is 0 Å². The van der Waals surface area contributed by atoms with Crippen LogP contribution in [0.1, 0.15) is 21.6 Å². The molecule has 2 aromatic carbocycles. The zero-order valence-electron chi connectivity index (χ0n) is 14.9. The number of hydrogen-bond acceptors (Lipinski definition) is 3. The van der Waals surface area contributed by atoms with Gasteiger partial charge in [-0.25, -0.2) is 4.39 Å². The van der Waals surface area contributed by atoms with Crippen molar-refractivity contribution < 1.29 is 18.7 Å². The summed E-state index contributed by atoms with van der Waals surface area (Å²) >= 11 is 6.23. The SMILES string of the molecule is COc1cc(C(=O)N2CCc3[nH]c4ccc(F)cc4c3C2)cc(Cl)c1OC. The van der Waals surface area contributed by atoms with Crippen molar-refractivity contribution in [2.75, 3.05) is 20.8 Å². The van der Waals surface area contributed by atoms with Crippen LogP contribution >= 0.6 is 11.6 Å². The number of ether oxygens (including phenoxy) is 2. The molecule has 140 valence electrons. The molecule has 1 aliphatic rings. The summed E-state index contributed by atoms with van der Waals surface area (Å²) in [7, 11) is 2.99. The van der Waals surface area contributed by atoms with Crippen LogP contribution in [0, 0.1) is 5.82 Å². The number of methoxy groups -OCH3 is 2. The highest BCUT2D eigenvalue weighted by molar-refractivity contribution is 6.32. The number of halogens is 2. The lowest BCUT2D eigenvalue weighted by molar-refractivity contribution is 0.0734. The second-order valence-corrected chi connectivity index (χ2v) is 6.85. The van der Waals surface area contributed by atoms with Gasteiger partial charge in [-0.15, -0.1) is 0 Å². The number of carbonyl (C=O) groups is 1. The third-order valence-corrected chi connectivity index (χ3v) is 5.19. The fraction of sp³-hybridized carbons (Fsp3) is 0.250.